The van der Waals surface area contributed by atoms with Crippen molar-refractivity contribution in [2.75, 3.05) is 35.5 Å². The van der Waals surface area contributed by atoms with Gasteiger partial charge < -0.3 is 10.2 Å². The van der Waals surface area contributed by atoms with Crippen molar-refractivity contribution in [2.45, 2.75) is 13.8 Å². The fraction of sp³-hybridized carbons (Fsp3) is 0.300. The number of carbonyl (C=O) groups is 2. The Morgan fingerprint density at radius 1 is 1.00 bits per heavy atom. The molecule has 1 N–H and O–H groups in total. The van der Waals surface area contributed by atoms with Crippen LogP contribution in [0, 0.1) is 11.6 Å². The first-order valence-corrected chi connectivity index (χ1v) is 11.0. The molecule has 0 heterocycles. The van der Waals surface area contributed by atoms with Crippen LogP contribution in [0.4, 0.5) is 20.2 Å². The number of nitrogens with one attached hydrogen (secondary N) is 1. The van der Waals surface area contributed by atoms with Crippen LogP contribution in [-0.4, -0.2) is 51.0 Å². The number of amides is 2. The van der Waals surface area contributed by atoms with Crippen LogP contribution in [0.15, 0.2) is 42.5 Å². The summed E-state index contributed by atoms with van der Waals surface area (Å²) in [6.45, 7) is 3.94. The number of benzene rings is 2. The Balaban J connectivity index is 2.29. The van der Waals surface area contributed by atoms with Crippen LogP contribution >= 0.6 is 0 Å². The van der Waals surface area contributed by atoms with Gasteiger partial charge in [0.15, 0.2) is 11.6 Å². The second kappa shape index (κ2) is 9.66. The van der Waals surface area contributed by atoms with Crippen molar-refractivity contribution in [1.29, 1.82) is 0 Å². The Bertz CT molecular complexity index is 1040. The summed E-state index contributed by atoms with van der Waals surface area (Å²) in [7, 11) is -3.97. The molecule has 7 nitrogen and oxygen atoms in total. The van der Waals surface area contributed by atoms with Crippen LogP contribution in [0.2, 0.25) is 0 Å². The average molecular weight is 439 g/mol. The summed E-state index contributed by atoms with van der Waals surface area (Å²) in [5.41, 5.74) is 0.283. The molecular weight excluding hydrogens is 416 g/mol. The van der Waals surface area contributed by atoms with Gasteiger partial charge in [-0.1, -0.05) is 12.1 Å². The number of para-hydroxylation sites is 1. The van der Waals surface area contributed by atoms with Crippen LogP contribution in [0.1, 0.15) is 24.2 Å². The van der Waals surface area contributed by atoms with E-state index in [-0.39, 0.29) is 22.8 Å². The van der Waals surface area contributed by atoms with E-state index in [1.165, 1.54) is 6.07 Å². The van der Waals surface area contributed by atoms with Crippen LogP contribution in [0.25, 0.3) is 0 Å². The van der Waals surface area contributed by atoms with Gasteiger partial charge in [0.2, 0.25) is 15.9 Å². The van der Waals surface area contributed by atoms with Crippen molar-refractivity contribution in [3.63, 3.8) is 0 Å². The van der Waals surface area contributed by atoms with Crippen molar-refractivity contribution in [1.82, 2.24) is 4.90 Å². The van der Waals surface area contributed by atoms with E-state index in [1.54, 1.807) is 23.1 Å². The van der Waals surface area contributed by atoms with Crippen molar-refractivity contribution in [3.8, 4) is 0 Å². The monoisotopic (exact) mass is 439 g/mol. The van der Waals surface area contributed by atoms with Gasteiger partial charge in [-0.2, -0.15) is 0 Å². The molecule has 0 aliphatic heterocycles. The van der Waals surface area contributed by atoms with E-state index in [0.717, 1.165) is 18.4 Å². The summed E-state index contributed by atoms with van der Waals surface area (Å²) in [5, 5.41) is 2.53. The minimum absolute atomic E-state index is 0.195. The van der Waals surface area contributed by atoms with Gasteiger partial charge in [0.1, 0.15) is 6.54 Å². The average Bonchev–Trinajstić information content (AvgIpc) is 2.69. The number of hydrogen-bond acceptors (Lipinski definition) is 4. The number of hydrogen-bond donors (Lipinski definition) is 1. The molecule has 2 aromatic rings. The van der Waals surface area contributed by atoms with E-state index in [9.17, 15) is 26.8 Å². The number of anilines is 2. The Labute approximate surface area is 174 Å². The zero-order valence-corrected chi connectivity index (χ0v) is 17.7. The maximum Gasteiger partial charge on any atom is 0.255 e. The number of rotatable bonds is 8. The quantitative estimate of drug-likeness (QED) is 0.685. The molecule has 0 unspecified atom stereocenters. The van der Waals surface area contributed by atoms with Gasteiger partial charge in [-0.3, -0.25) is 13.9 Å². The molecule has 0 aromatic heterocycles. The van der Waals surface area contributed by atoms with Crippen molar-refractivity contribution in [2.24, 2.45) is 0 Å². The summed E-state index contributed by atoms with van der Waals surface area (Å²) in [6.07, 6.45) is 0.847. The number of halogens is 2. The lowest BCUT2D eigenvalue weighted by molar-refractivity contribution is -0.114. The van der Waals surface area contributed by atoms with E-state index in [2.05, 4.69) is 5.32 Å². The van der Waals surface area contributed by atoms with E-state index in [0.29, 0.717) is 23.5 Å². The highest BCUT2D eigenvalue weighted by Gasteiger charge is 2.23. The maximum absolute atomic E-state index is 13.6. The Kier molecular flexibility index (Phi) is 7.49. The molecular formula is C20H23F2N3O4S. The van der Waals surface area contributed by atoms with Gasteiger partial charge in [-0.25, -0.2) is 17.2 Å². The first-order valence-electron chi connectivity index (χ1n) is 9.19. The van der Waals surface area contributed by atoms with Crippen LogP contribution in [0.5, 0.6) is 0 Å². The molecule has 0 saturated carbocycles. The van der Waals surface area contributed by atoms with E-state index < -0.39 is 34.1 Å². The van der Waals surface area contributed by atoms with Gasteiger partial charge >= 0.3 is 0 Å². The molecule has 2 aromatic carbocycles. The zero-order chi connectivity index (χ0) is 22.5. The molecule has 0 atom stereocenters. The predicted molar refractivity (Wildman–Crippen MR) is 111 cm³/mol. The van der Waals surface area contributed by atoms with E-state index >= 15 is 0 Å². The first-order chi connectivity index (χ1) is 14.1. The molecule has 0 saturated heterocycles. The van der Waals surface area contributed by atoms with Crippen LogP contribution in [-0.2, 0) is 14.8 Å². The molecule has 0 radical (unpaired) electrons. The van der Waals surface area contributed by atoms with E-state index in [1.807, 2.05) is 13.8 Å². The number of nitrogens with zero attached hydrogens (tertiary/aromatic N) is 2. The molecule has 0 aliphatic rings. The minimum Gasteiger partial charge on any atom is -0.339 e. The normalized spacial score (nSPS) is 11.1. The lowest BCUT2D eigenvalue weighted by atomic mass is 10.1. The van der Waals surface area contributed by atoms with Gasteiger partial charge in [-0.15, -0.1) is 0 Å². The maximum atomic E-state index is 13.6. The molecule has 2 amide bonds. The molecule has 0 aliphatic carbocycles. The Morgan fingerprint density at radius 2 is 1.63 bits per heavy atom. The lowest BCUT2D eigenvalue weighted by Gasteiger charge is -2.23. The Morgan fingerprint density at radius 3 is 2.20 bits per heavy atom. The fourth-order valence-corrected chi connectivity index (χ4v) is 3.67. The molecule has 0 bridgehead atoms. The van der Waals surface area contributed by atoms with Gasteiger partial charge in [-0.05, 0) is 38.1 Å². The second-order valence-electron chi connectivity index (χ2n) is 6.44. The zero-order valence-electron chi connectivity index (χ0n) is 16.9. The topological polar surface area (TPSA) is 86.8 Å². The molecule has 10 heteroatoms. The SMILES string of the molecule is CCN(CC)C(=O)c1ccccc1NC(=O)CN(c1ccc(F)c(F)c1)S(C)(=O)=O. The molecule has 2 rings (SSSR count). The number of carbonyl (C=O) groups excluding carboxylic acids is 2. The third-order valence-corrected chi connectivity index (χ3v) is 5.50. The largest absolute Gasteiger partial charge is 0.339 e. The summed E-state index contributed by atoms with van der Waals surface area (Å²) in [5.74, 6) is -3.40. The third kappa shape index (κ3) is 5.53. The molecule has 162 valence electrons. The molecule has 30 heavy (non-hydrogen) atoms. The Hall–Kier alpha value is -3.01. The summed E-state index contributed by atoms with van der Waals surface area (Å²) >= 11 is 0. The summed E-state index contributed by atoms with van der Waals surface area (Å²) < 4.78 is 51.7. The second-order valence-corrected chi connectivity index (χ2v) is 8.35. The van der Waals surface area contributed by atoms with E-state index in [4.69, 9.17) is 0 Å². The smallest absolute Gasteiger partial charge is 0.255 e. The van der Waals surface area contributed by atoms with Gasteiger partial charge in [0.25, 0.3) is 5.91 Å². The lowest BCUT2D eigenvalue weighted by Crippen LogP contribution is -2.38. The fourth-order valence-electron chi connectivity index (χ4n) is 2.82. The predicted octanol–water partition coefficient (Wildman–Crippen LogP) is 2.85. The minimum atomic E-state index is -3.97. The first kappa shape index (κ1) is 23.3. The highest BCUT2D eigenvalue weighted by atomic mass is 32.2. The van der Waals surface area contributed by atoms with Crippen molar-refractivity contribution in [3.05, 3.63) is 59.7 Å². The van der Waals surface area contributed by atoms with Gasteiger partial charge in [0, 0.05) is 19.2 Å². The summed E-state index contributed by atoms with van der Waals surface area (Å²) in [6, 6.07) is 8.89. The molecule has 0 fully saturated rings. The standard InChI is InChI=1S/C20H23F2N3O4S/c1-4-24(5-2)20(27)15-8-6-7-9-18(15)23-19(26)13-25(30(3,28)29)14-10-11-16(21)17(22)12-14/h6-12H,4-5,13H2,1-3H3,(H,23,26). The van der Waals surface area contributed by atoms with Crippen molar-refractivity contribution < 1.29 is 26.8 Å². The molecule has 0 spiro atoms. The van der Waals surface area contributed by atoms with Crippen LogP contribution < -0.4 is 9.62 Å². The van der Waals surface area contributed by atoms with Crippen molar-refractivity contribution >= 4 is 33.2 Å². The van der Waals surface area contributed by atoms with Crippen LogP contribution in [0.3, 0.4) is 0 Å². The third-order valence-electron chi connectivity index (χ3n) is 4.36. The highest BCUT2D eigenvalue weighted by molar-refractivity contribution is 7.92. The highest BCUT2D eigenvalue weighted by Crippen LogP contribution is 2.22. The van der Waals surface area contributed by atoms with Gasteiger partial charge in [0.05, 0.1) is 23.2 Å². The summed E-state index contributed by atoms with van der Waals surface area (Å²) in [4.78, 5) is 26.8. The number of sulfonamides is 1.